The summed E-state index contributed by atoms with van der Waals surface area (Å²) in [5, 5.41) is 11.2. The van der Waals surface area contributed by atoms with E-state index < -0.39 is 11.8 Å². The highest BCUT2D eigenvalue weighted by Gasteiger charge is 2.09. The highest BCUT2D eigenvalue weighted by atomic mass is 32.1. The van der Waals surface area contributed by atoms with Gasteiger partial charge in [0.25, 0.3) is 11.8 Å². The van der Waals surface area contributed by atoms with E-state index in [2.05, 4.69) is 10.9 Å². The maximum Gasteiger partial charge on any atom is 0.279 e. The Labute approximate surface area is 119 Å². The first-order valence-electron chi connectivity index (χ1n) is 5.70. The monoisotopic (exact) mass is 292 g/mol. The summed E-state index contributed by atoms with van der Waals surface area (Å²) in [5.74, 6) is -0.774. The van der Waals surface area contributed by atoms with Crippen molar-refractivity contribution in [3.8, 4) is 11.5 Å². The van der Waals surface area contributed by atoms with Gasteiger partial charge in [0.2, 0.25) is 0 Å². The molecule has 0 atom stereocenters. The van der Waals surface area contributed by atoms with Gasteiger partial charge in [-0.15, -0.1) is 11.3 Å². The Morgan fingerprint density at radius 1 is 1.15 bits per heavy atom. The summed E-state index contributed by atoms with van der Waals surface area (Å²) in [6.07, 6.45) is 0. The summed E-state index contributed by atoms with van der Waals surface area (Å²) >= 11 is 1.27. The smallest absolute Gasteiger partial charge is 0.279 e. The van der Waals surface area contributed by atoms with E-state index >= 15 is 0 Å². The van der Waals surface area contributed by atoms with Crippen LogP contribution >= 0.6 is 11.3 Å². The number of hydrogen-bond acceptors (Lipinski definition) is 5. The minimum absolute atomic E-state index is 0.0529. The molecule has 7 heteroatoms. The van der Waals surface area contributed by atoms with Crippen LogP contribution in [-0.2, 0) is 4.79 Å². The summed E-state index contributed by atoms with van der Waals surface area (Å²) in [6.45, 7) is -0.317. The number of rotatable bonds is 4. The number of nitrogens with one attached hydrogen (secondary N) is 2. The largest absolute Gasteiger partial charge is 0.504 e. The van der Waals surface area contributed by atoms with E-state index in [0.29, 0.717) is 4.88 Å². The fourth-order valence-corrected chi connectivity index (χ4v) is 1.97. The van der Waals surface area contributed by atoms with E-state index in [-0.39, 0.29) is 18.1 Å². The second-order valence-electron chi connectivity index (χ2n) is 3.74. The highest BCUT2D eigenvalue weighted by molar-refractivity contribution is 7.12. The number of phenols is 1. The summed E-state index contributed by atoms with van der Waals surface area (Å²) < 4.78 is 5.11. The molecule has 0 bridgehead atoms. The number of hydrazine groups is 1. The van der Waals surface area contributed by atoms with E-state index in [1.54, 1.807) is 29.6 Å². The molecule has 20 heavy (non-hydrogen) atoms. The molecular weight excluding hydrogens is 280 g/mol. The second-order valence-corrected chi connectivity index (χ2v) is 4.68. The van der Waals surface area contributed by atoms with Gasteiger partial charge >= 0.3 is 0 Å². The molecule has 0 saturated heterocycles. The zero-order valence-electron chi connectivity index (χ0n) is 10.3. The lowest BCUT2D eigenvalue weighted by Crippen LogP contribution is -2.43. The topological polar surface area (TPSA) is 87.7 Å². The average molecular weight is 292 g/mol. The van der Waals surface area contributed by atoms with Crippen LogP contribution in [0.25, 0.3) is 0 Å². The quantitative estimate of drug-likeness (QED) is 0.741. The van der Waals surface area contributed by atoms with Crippen molar-refractivity contribution in [2.75, 3.05) is 6.61 Å². The van der Waals surface area contributed by atoms with E-state index in [1.807, 2.05) is 0 Å². The number of aromatic hydroxyl groups is 1. The standard InChI is InChI=1S/C13H12N2O4S/c16-9-4-1-2-5-10(9)19-8-12(17)14-15-13(18)11-6-3-7-20-11/h1-7,16H,8H2,(H,14,17)(H,15,18). The number of thiophene rings is 1. The molecule has 1 aromatic heterocycles. The van der Waals surface area contributed by atoms with Crippen LogP contribution in [0.4, 0.5) is 0 Å². The number of carbonyl (C=O) groups is 2. The van der Waals surface area contributed by atoms with Crippen molar-refractivity contribution in [3.63, 3.8) is 0 Å². The number of hydrogen-bond donors (Lipinski definition) is 3. The fourth-order valence-electron chi connectivity index (χ4n) is 1.35. The average Bonchev–Trinajstić information content (AvgIpc) is 2.98. The van der Waals surface area contributed by atoms with Gasteiger partial charge in [0, 0.05) is 0 Å². The molecule has 2 aromatic rings. The van der Waals surface area contributed by atoms with Crippen LogP contribution in [0.5, 0.6) is 11.5 Å². The third-order valence-electron chi connectivity index (χ3n) is 2.28. The molecule has 1 aromatic carbocycles. The van der Waals surface area contributed by atoms with E-state index in [1.165, 1.54) is 23.5 Å². The van der Waals surface area contributed by atoms with Crippen molar-refractivity contribution in [2.24, 2.45) is 0 Å². The Hall–Kier alpha value is -2.54. The first-order chi connectivity index (χ1) is 9.66. The molecule has 1 heterocycles. The van der Waals surface area contributed by atoms with Gasteiger partial charge in [-0.1, -0.05) is 18.2 Å². The highest BCUT2D eigenvalue weighted by Crippen LogP contribution is 2.23. The van der Waals surface area contributed by atoms with Crippen molar-refractivity contribution in [2.45, 2.75) is 0 Å². The van der Waals surface area contributed by atoms with Crippen LogP contribution < -0.4 is 15.6 Å². The third kappa shape index (κ3) is 3.72. The van der Waals surface area contributed by atoms with E-state index in [0.717, 1.165) is 0 Å². The molecule has 6 nitrogen and oxygen atoms in total. The molecule has 2 rings (SSSR count). The van der Waals surface area contributed by atoms with Gasteiger partial charge in [0.1, 0.15) is 0 Å². The second kappa shape index (κ2) is 6.58. The Bertz CT molecular complexity index is 598. The molecule has 0 aliphatic heterocycles. The van der Waals surface area contributed by atoms with Gasteiger partial charge < -0.3 is 9.84 Å². The molecule has 0 aliphatic carbocycles. The summed E-state index contributed by atoms with van der Waals surface area (Å²) in [7, 11) is 0. The number of ether oxygens (including phenoxy) is 1. The van der Waals surface area contributed by atoms with Crippen molar-refractivity contribution >= 4 is 23.2 Å². The van der Waals surface area contributed by atoms with E-state index in [4.69, 9.17) is 4.74 Å². The molecule has 0 fully saturated rings. The molecule has 0 spiro atoms. The molecular formula is C13H12N2O4S. The lowest BCUT2D eigenvalue weighted by atomic mass is 10.3. The van der Waals surface area contributed by atoms with Gasteiger partial charge in [-0.05, 0) is 23.6 Å². The predicted molar refractivity (Wildman–Crippen MR) is 73.5 cm³/mol. The van der Waals surface area contributed by atoms with E-state index in [9.17, 15) is 14.7 Å². The number of carbonyl (C=O) groups excluding carboxylic acids is 2. The van der Waals surface area contributed by atoms with Crippen LogP contribution in [0.15, 0.2) is 41.8 Å². The Kier molecular flexibility index (Phi) is 4.56. The number of benzene rings is 1. The fraction of sp³-hybridized carbons (Fsp3) is 0.0769. The van der Waals surface area contributed by atoms with Gasteiger partial charge in [-0.2, -0.15) is 0 Å². The van der Waals surface area contributed by atoms with Gasteiger partial charge in [0.05, 0.1) is 4.88 Å². The maximum absolute atomic E-state index is 11.5. The van der Waals surface area contributed by atoms with Crippen molar-refractivity contribution in [1.29, 1.82) is 0 Å². The normalized spacial score (nSPS) is 9.80. The third-order valence-corrected chi connectivity index (χ3v) is 3.15. The zero-order chi connectivity index (χ0) is 14.4. The lowest BCUT2D eigenvalue weighted by molar-refractivity contribution is -0.123. The molecule has 0 unspecified atom stereocenters. The van der Waals surface area contributed by atoms with Crippen LogP contribution in [0.3, 0.4) is 0 Å². The van der Waals surface area contributed by atoms with Crippen LogP contribution in [0, 0.1) is 0 Å². The zero-order valence-corrected chi connectivity index (χ0v) is 11.1. The number of para-hydroxylation sites is 2. The van der Waals surface area contributed by atoms with Crippen LogP contribution in [0.2, 0.25) is 0 Å². The minimum Gasteiger partial charge on any atom is -0.504 e. The number of amides is 2. The first-order valence-corrected chi connectivity index (χ1v) is 6.58. The molecule has 0 radical (unpaired) electrons. The van der Waals surface area contributed by atoms with Crippen molar-refractivity contribution in [3.05, 3.63) is 46.7 Å². The Balaban J connectivity index is 1.76. The molecule has 104 valence electrons. The molecule has 0 aliphatic rings. The minimum atomic E-state index is -0.529. The molecule has 0 saturated carbocycles. The Morgan fingerprint density at radius 3 is 2.65 bits per heavy atom. The first kappa shape index (κ1) is 13.9. The van der Waals surface area contributed by atoms with Gasteiger partial charge in [-0.3, -0.25) is 20.4 Å². The lowest BCUT2D eigenvalue weighted by Gasteiger charge is -2.08. The number of phenolic OH excluding ortho intramolecular Hbond substituents is 1. The summed E-state index contributed by atoms with van der Waals surface area (Å²) in [5.41, 5.74) is 4.49. The van der Waals surface area contributed by atoms with Crippen LogP contribution in [-0.4, -0.2) is 23.5 Å². The summed E-state index contributed by atoms with van der Waals surface area (Å²) in [6, 6.07) is 9.68. The van der Waals surface area contributed by atoms with Gasteiger partial charge in [-0.25, -0.2) is 0 Å². The SMILES string of the molecule is O=C(COc1ccccc1O)NNC(=O)c1cccs1. The summed E-state index contributed by atoms with van der Waals surface area (Å²) in [4.78, 5) is 23.5. The van der Waals surface area contributed by atoms with Crippen molar-refractivity contribution in [1.82, 2.24) is 10.9 Å². The molecule has 2 amide bonds. The van der Waals surface area contributed by atoms with Crippen molar-refractivity contribution < 1.29 is 19.4 Å². The predicted octanol–water partition coefficient (Wildman–Crippen LogP) is 1.29. The Morgan fingerprint density at radius 2 is 1.95 bits per heavy atom. The van der Waals surface area contributed by atoms with Crippen LogP contribution in [0.1, 0.15) is 9.67 Å². The van der Waals surface area contributed by atoms with Gasteiger partial charge in [0.15, 0.2) is 18.1 Å². The maximum atomic E-state index is 11.5. The molecule has 3 N–H and O–H groups in total.